The first-order valence-electron chi connectivity index (χ1n) is 11.4. The number of hydrogen-bond donors (Lipinski definition) is 0. The molecule has 6 atom stereocenters. The number of esters is 2. The maximum Gasteiger partial charge on any atom is 0.307 e. The molecule has 0 radical (unpaired) electrons. The summed E-state index contributed by atoms with van der Waals surface area (Å²) in [5.74, 6) is 3.73. The molecule has 5 rings (SSSR count). The Morgan fingerprint density at radius 3 is 2.04 bits per heavy atom. The van der Waals surface area contributed by atoms with E-state index >= 15 is 0 Å². The third-order valence-corrected chi connectivity index (χ3v) is 8.07. The van der Waals surface area contributed by atoms with Gasteiger partial charge in [-0.05, 0) is 55.3 Å². The Labute approximate surface area is 167 Å². The van der Waals surface area contributed by atoms with Crippen molar-refractivity contribution in [3.63, 3.8) is 0 Å². The first-order valence-corrected chi connectivity index (χ1v) is 11.4. The van der Waals surface area contributed by atoms with Crippen LogP contribution in [0.5, 0.6) is 0 Å². The summed E-state index contributed by atoms with van der Waals surface area (Å²) in [4.78, 5) is 28.8. The van der Waals surface area contributed by atoms with Gasteiger partial charge in [0.2, 0.25) is 0 Å². The summed E-state index contributed by atoms with van der Waals surface area (Å²) in [5.41, 5.74) is 0. The topological polar surface area (TPSA) is 58.6 Å². The second kappa shape index (κ2) is 7.94. The van der Waals surface area contributed by atoms with Crippen molar-refractivity contribution in [2.75, 3.05) is 52.5 Å². The molecule has 2 saturated heterocycles. The fourth-order valence-corrected chi connectivity index (χ4v) is 6.37. The van der Waals surface area contributed by atoms with E-state index in [4.69, 9.17) is 9.47 Å². The number of nitrogens with zero attached hydrogens (tertiary/aromatic N) is 2. The molecule has 6 nitrogen and oxygen atoms in total. The van der Waals surface area contributed by atoms with E-state index in [0.717, 1.165) is 63.4 Å². The van der Waals surface area contributed by atoms with Crippen molar-refractivity contribution in [3.05, 3.63) is 0 Å². The Morgan fingerprint density at radius 1 is 0.786 bits per heavy atom. The van der Waals surface area contributed by atoms with Gasteiger partial charge in [-0.25, -0.2) is 0 Å². The minimum Gasteiger partial charge on any atom is -0.465 e. The Bertz CT molecular complexity index is 603. The second-order valence-electron chi connectivity index (χ2n) is 9.78. The third kappa shape index (κ3) is 4.23. The molecular weight excluding hydrogens is 356 g/mol. The molecule has 0 amide bonds. The molecule has 2 bridgehead atoms. The molecule has 2 heterocycles. The van der Waals surface area contributed by atoms with Gasteiger partial charge in [0.05, 0.1) is 26.1 Å². The molecule has 156 valence electrons. The van der Waals surface area contributed by atoms with Gasteiger partial charge in [-0.3, -0.25) is 9.59 Å². The van der Waals surface area contributed by atoms with E-state index in [2.05, 4.69) is 9.80 Å². The molecule has 0 aromatic heterocycles. The predicted octanol–water partition coefficient (Wildman–Crippen LogP) is 1.78. The van der Waals surface area contributed by atoms with E-state index in [1.807, 2.05) is 0 Å². The minimum absolute atomic E-state index is 0.0623. The van der Waals surface area contributed by atoms with Crippen LogP contribution in [0.4, 0.5) is 0 Å². The highest BCUT2D eigenvalue weighted by molar-refractivity contribution is 5.70. The van der Waals surface area contributed by atoms with E-state index in [0.29, 0.717) is 43.8 Å². The molecule has 6 heteroatoms. The quantitative estimate of drug-likeness (QED) is 0.419. The van der Waals surface area contributed by atoms with E-state index in [1.165, 1.54) is 19.3 Å². The van der Waals surface area contributed by atoms with Gasteiger partial charge >= 0.3 is 11.9 Å². The van der Waals surface area contributed by atoms with Crippen LogP contribution in [0.15, 0.2) is 0 Å². The molecular formula is C22H34N2O4. The highest BCUT2D eigenvalue weighted by Gasteiger charge is 2.57. The Morgan fingerprint density at radius 2 is 1.39 bits per heavy atom. The van der Waals surface area contributed by atoms with Crippen molar-refractivity contribution in [1.29, 1.82) is 0 Å². The Kier molecular flexibility index (Phi) is 5.35. The van der Waals surface area contributed by atoms with Crippen molar-refractivity contribution in [2.24, 2.45) is 35.5 Å². The van der Waals surface area contributed by atoms with Crippen molar-refractivity contribution in [1.82, 2.24) is 9.80 Å². The lowest BCUT2D eigenvalue weighted by molar-refractivity contribution is -0.150. The van der Waals surface area contributed by atoms with Gasteiger partial charge in [0.1, 0.15) is 0 Å². The van der Waals surface area contributed by atoms with Gasteiger partial charge < -0.3 is 19.3 Å². The number of carbonyl (C=O) groups excluding carboxylic acids is 2. The summed E-state index contributed by atoms with van der Waals surface area (Å²) < 4.78 is 11.4. The predicted molar refractivity (Wildman–Crippen MR) is 103 cm³/mol. The van der Waals surface area contributed by atoms with Crippen molar-refractivity contribution in [3.8, 4) is 0 Å². The van der Waals surface area contributed by atoms with Crippen LogP contribution < -0.4 is 0 Å². The van der Waals surface area contributed by atoms with Crippen LogP contribution in [-0.2, 0) is 19.1 Å². The smallest absolute Gasteiger partial charge is 0.307 e. The van der Waals surface area contributed by atoms with E-state index in [1.54, 1.807) is 0 Å². The number of fused-ring (bicyclic) bond motifs is 5. The number of rotatable bonds is 10. The molecule has 28 heavy (non-hydrogen) atoms. The average Bonchev–Trinajstić information content (AvgIpc) is 3.59. The molecule has 0 aromatic carbocycles. The van der Waals surface area contributed by atoms with Crippen LogP contribution in [0.2, 0.25) is 0 Å². The van der Waals surface area contributed by atoms with Crippen LogP contribution >= 0.6 is 0 Å². The summed E-state index contributed by atoms with van der Waals surface area (Å²) in [7, 11) is 0. The third-order valence-electron chi connectivity index (χ3n) is 8.07. The van der Waals surface area contributed by atoms with Crippen LogP contribution in [0.3, 0.4) is 0 Å². The molecule has 2 aliphatic heterocycles. The minimum atomic E-state index is -0.0684. The van der Waals surface area contributed by atoms with Gasteiger partial charge in [-0.15, -0.1) is 0 Å². The first-order chi connectivity index (χ1) is 13.7. The van der Waals surface area contributed by atoms with Gasteiger partial charge in [-0.1, -0.05) is 0 Å². The van der Waals surface area contributed by atoms with Crippen LogP contribution in [0, 0.1) is 35.5 Å². The zero-order chi connectivity index (χ0) is 19.1. The molecule has 3 aliphatic carbocycles. The number of ether oxygens (including phenoxy) is 2. The van der Waals surface area contributed by atoms with Gasteiger partial charge in [0.25, 0.3) is 0 Å². The maximum atomic E-state index is 12.2. The molecule has 0 spiro atoms. The van der Waals surface area contributed by atoms with E-state index < -0.39 is 0 Å². The SMILES string of the molecule is O=C(CCN1CC1)OC[C@@H]1C[C@@H]2[C@H]3CC[C@@H](C3)[C@@H]2[C@@H]1COC(=O)CCN1CC1. The maximum absolute atomic E-state index is 12.2. The van der Waals surface area contributed by atoms with Crippen LogP contribution in [0.25, 0.3) is 0 Å². The van der Waals surface area contributed by atoms with E-state index in [9.17, 15) is 9.59 Å². The first kappa shape index (κ1) is 18.9. The lowest BCUT2D eigenvalue weighted by Gasteiger charge is -2.30. The lowest BCUT2D eigenvalue weighted by atomic mass is 9.77. The molecule has 3 saturated carbocycles. The van der Waals surface area contributed by atoms with Crippen molar-refractivity contribution < 1.29 is 19.1 Å². The monoisotopic (exact) mass is 390 g/mol. The molecule has 0 N–H and O–H groups in total. The summed E-state index contributed by atoms with van der Waals surface area (Å²) >= 11 is 0. The summed E-state index contributed by atoms with van der Waals surface area (Å²) in [6, 6.07) is 0. The zero-order valence-corrected chi connectivity index (χ0v) is 16.9. The Balaban J connectivity index is 1.14. The standard InChI is InChI=1S/C22H34N2O4/c25-20(3-5-23-7-8-23)27-13-17-12-18-15-1-2-16(11-15)22(18)19(17)14-28-21(26)4-6-24-9-10-24/h15-19,22H,1-14H2/t15-,16-,17-,18+,19+,22-/m0/s1. The number of carbonyl (C=O) groups is 2. The van der Waals surface area contributed by atoms with Crippen LogP contribution in [-0.4, -0.2) is 74.2 Å². The highest BCUT2D eigenvalue weighted by atomic mass is 16.5. The van der Waals surface area contributed by atoms with Crippen molar-refractivity contribution in [2.45, 2.75) is 38.5 Å². The lowest BCUT2D eigenvalue weighted by Crippen LogP contribution is -2.30. The second-order valence-corrected chi connectivity index (χ2v) is 9.78. The van der Waals surface area contributed by atoms with Gasteiger partial charge in [-0.2, -0.15) is 0 Å². The molecule has 0 aromatic rings. The molecule has 5 fully saturated rings. The summed E-state index contributed by atoms with van der Waals surface area (Å²) in [6.07, 6.45) is 6.24. The molecule has 0 unspecified atom stereocenters. The van der Waals surface area contributed by atoms with Gasteiger partial charge in [0, 0.05) is 45.2 Å². The Hall–Kier alpha value is -1.14. The average molecular weight is 391 g/mol. The van der Waals surface area contributed by atoms with Gasteiger partial charge in [0.15, 0.2) is 0 Å². The van der Waals surface area contributed by atoms with E-state index in [-0.39, 0.29) is 11.9 Å². The van der Waals surface area contributed by atoms with Crippen molar-refractivity contribution >= 4 is 11.9 Å². The fraction of sp³-hybridized carbons (Fsp3) is 0.909. The number of hydrogen-bond acceptors (Lipinski definition) is 6. The fourth-order valence-electron chi connectivity index (χ4n) is 6.37. The molecule has 5 aliphatic rings. The van der Waals surface area contributed by atoms with Crippen LogP contribution in [0.1, 0.15) is 38.5 Å². The summed E-state index contributed by atoms with van der Waals surface area (Å²) in [6.45, 7) is 7.18. The zero-order valence-electron chi connectivity index (χ0n) is 16.9. The largest absolute Gasteiger partial charge is 0.465 e. The summed E-state index contributed by atoms with van der Waals surface area (Å²) in [5, 5.41) is 0. The highest BCUT2D eigenvalue weighted by Crippen LogP contribution is 2.62. The normalized spacial score (nSPS) is 38.4.